The first-order valence-electron chi connectivity index (χ1n) is 12.3. The van der Waals surface area contributed by atoms with Crippen LogP contribution in [0.3, 0.4) is 0 Å². The molecule has 0 aliphatic carbocycles. The predicted octanol–water partition coefficient (Wildman–Crippen LogP) is 3.09. The molecule has 0 radical (unpaired) electrons. The van der Waals surface area contributed by atoms with E-state index in [1.165, 1.54) is 0 Å². The summed E-state index contributed by atoms with van der Waals surface area (Å²) in [5.41, 5.74) is 2.81. The molecule has 1 atom stereocenters. The van der Waals surface area contributed by atoms with Gasteiger partial charge in [0.05, 0.1) is 37.6 Å². The fourth-order valence-electron chi connectivity index (χ4n) is 4.63. The second kappa shape index (κ2) is 11.8. The van der Waals surface area contributed by atoms with E-state index in [1.807, 2.05) is 49.4 Å². The number of methoxy groups -OCH3 is 1. The highest BCUT2D eigenvalue weighted by atomic mass is 16.5. The van der Waals surface area contributed by atoms with Crippen molar-refractivity contribution < 1.29 is 23.8 Å². The quantitative estimate of drug-likeness (QED) is 0.518. The molecule has 0 aromatic heterocycles. The van der Waals surface area contributed by atoms with Crippen LogP contribution in [0.5, 0.6) is 11.5 Å². The second-order valence-corrected chi connectivity index (χ2v) is 8.58. The molecule has 4 rings (SSSR count). The lowest BCUT2D eigenvalue weighted by molar-refractivity contribution is -0.139. The Balaban J connectivity index is 1.55. The number of carbonyl (C=O) groups is 2. The number of ether oxygens (including phenoxy) is 3. The number of urea groups is 1. The van der Waals surface area contributed by atoms with Gasteiger partial charge in [0.15, 0.2) is 0 Å². The van der Waals surface area contributed by atoms with Crippen LogP contribution in [0.1, 0.15) is 25.5 Å². The number of hydrogen-bond acceptors (Lipinski definition) is 7. The highest BCUT2D eigenvalue weighted by molar-refractivity contribution is 5.95. The van der Waals surface area contributed by atoms with Crippen molar-refractivity contribution in [3.05, 3.63) is 65.4 Å². The Labute approximate surface area is 212 Å². The van der Waals surface area contributed by atoms with Gasteiger partial charge in [0.25, 0.3) is 0 Å². The van der Waals surface area contributed by atoms with Crippen molar-refractivity contribution in [2.45, 2.75) is 19.9 Å². The highest BCUT2D eigenvalue weighted by Gasteiger charge is 2.35. The number of hydrogen-bond donors (Lipinski definition) is 2. The Morgan fingerprint density at radius 2 is 1.81 bits per heavy atom. The summed E-state index contributed by atoms with van der Waals surface area (Å²) < 4.78 is 16.6. The maximum absolute atomic E-state index is 13.1. The molecule has 2 aromatic carbocycles. The number of esters is 1. The summed E-state index contributed by atoms with van der Waals surface area (Å²) in [5, 5.41) is 5.75. The Kier molecular flexibility index (Phi) is 8.32. The topological polar surface area (TPSA) is 92.4 Å². The Morgan fingerprint density at radius 1 is 1.03 bits per heavy atom. The largest absolute Gasteiger partial charge is 0.497 e. The molecular formula is C27H34N4O5. The number of nitrogens with zero attached hydrogens (tertiary/aromatic N) is 2. The summed E-state index contributed by atoms with van der Waals surface area (Å²) in [6.07, 6.45) is 0. The number of benzene rings is 2. The first kappa shape index (κ1) is 25.4. The summed E-state index contributed by atoms with van der Waals surface area (Å²) in [7, 11) is 1.58. The predicted molar refractivity (Wildman–Crippen MR) is 137 cm³/mol. The summed E-state index contributed by atoms with van der Waals surface area (Å²) in [5.74, 6) is 1.08. The number of rotatable bonds is 9. The lowest BCUT2D eigenvalue weighted by atomic mass is 9.94. The van der Waals surface area contributed by atoms with Crippen LogP contribution in [-0.4, -0.2) is 69.9 Å². The van der Waals surface area contributed by atoms with E-state index >= 15 is 0 Å². The first-order chi connectivity index (χ1) is 17.5. The normalized spacial score (nSPS) is 18.4. The van der Waals surface area contributed by atoms with E-state index < -0.39 is 12.0 Å². The van der Waals surface area contributed by atoms with E-state index in [4.69, 9.17) is 14.2 Å². The van der Waals surface area contributed by atoms with Gasteiger partial charge in [-0.05, 0) is 43.7 Å². The molecule has 0 saturated carbocycles. The number of para-hydroxylation sites is 2. The third-order valence-corrected chi connectivity index (χ3v) is 6.34. The molecule has 2 aliphatic heterocycles. The van der Waals surface area contributed by atoms with E-state index in [9.17, 15) is 9.59 Å². The van der Waals surface area contributed by atoms with Gasteiger partial charge in [-0.2, -0.15) is 0 Å². The molecule has 9 heteroatoms. The molecule has 2 N–H and O–H groups in total. The zero-order valence-corrected chi connectivity index (χ0v) is 21.1. The Morgan fingerprint density at radius 3 is 2.53 bits per heavy atom. The minimum Gasteiger partial charge on any atom is -0.497 e. The molecule has 0 bridgehead atoms. The van der Waals surface area contributed by atoms with Crippen LogP contribution in [0.4, 0.5) is 10.5 Å². The number of nitrogens with one attached hydrogen (secondary N) is 2. The summed E-state index contributed by atoms with van der Waals surface area (Å²) >= 11 is 0. The van der Waals surface area contributed by atoms with Crippen LogP contribution in [0, 0.1) is 0 Å². The summed E-state index contributed by atoms with van der Waals surface area (Å²) in [6.45, 7) is 8.19. The Bertz CT molecular complexity index is 1110. The monoisotopic (exact) mass is 494 g/mol. The second-order valence-electron chi connectivity index (χ2n) is 8.58. The van der Waals surface area contributed by atoms with Gasteiger partial charge in [-0.1, -0.05) is 24.3 Å². The molecule has 192 valence electrons. The molecule has 2 amide bonds. The van der Waals surface area contributed by atoms with Gasteiger partial charge >= 0.3 is 12.0 Å². The molecule has 1 fully saturated rings. The Hall–Kier alpha value is -3.72. The summed E-state index contributed by atoms with van der Waals surface area (Å²) in [4.78, 5) is 30.3. The van der Waals surface area contributed by atoms with Crippen molar-refractivity contribution in [2.75, 3.05) is 57.9 Å². The molecule has 1 saturated heterocycles. The van der Waals surface area contributed by atoms with Crippen LogP contribution in [0.25, 0.3) is 0 Å². The van der Waals surface area contributed by atoms with Crippen molar-refractivity contribution in [2.24, 2.45) is 0 Å². The van der Waals surface area contributed by atoms with E-state index in [0.29, 0.717) is 30.2 Å². The molecule has 0 spiro atoms. The van der Waals surface area contributed by atoms with E-state index in [0.717, 1.165) is 43.2 Å². The third kappa shape index (κ3) is 5.73. The van der Waals surface area contributed by atoms with Crippen molar-refractivity contribution in [3.8, 4) is 11.5 Å². The lowest BCUT2D eigenvalue weighted by Crippen LogP contribution is -2.51. The fraction of sp³-hybridized carbons (Fsp3) is 0.407. The zero-order valence-electron chi connectivity index (χ0n) is 21.1. The van der Waals surface area contributed by atoms with Crippen LogP contribution in [-0.2, 0) is 9.53 Å². The van der Waals surface area contributed by atoms with E-state index in [1.54, 1.807) is 14.0 Å². The van der Waals surface area contributed by atoms with Crippen molar-refractivity contribution in [1.82, 2.24) is 15.5 Å². The third-order valence-electron chi connectivity index (χ3n) is 6.34. The van der Waals surface area contributed by atoms with Gasteiger partial charge in [0.2, 0.25) is 0 Å². The molecule has 9 nitrogen and oxygen atoms in total. The maximum atomic E-state index is 13.1. The first-order valence-corrected chi connectivity index (χ1v) is 12.3. The average Bonchev–Trinajstić information content (AvgIpc) is 2.89. The average molecular weight is 495 g/mol. The SMILES string of the molecule is CCOC(=O)C1=C(CN2CCN(c3ccccc3OCC)CC2)NC(=O)N[C@@H]1c1cccc(OC)c1. The van der Waals surface area contributed by atoms with Crippen molar-refractivity contribution in [3.63, 3.8) is 0 Å². The standard InChI is InChI=1S/C27H34N4O5/c1-4-35-23-12-7-6-11-22(23)31-15-13-30(14-16-31)18-21-24(26(32)36-5-2)25(29-27(33)28-21)19-9-8-10-20(17-19)34-3/h6-12,17,25H,4-5,13-16,18H2,1-3H3,(H2,28,29,33)/t25-/m1/s1. The van der Waals surface area contributed by atoms with E-state index in [-0.39, 0.29) is 12.6 Å². The van der Waals surface area contributed by atoms with Gasteiger partial charge < -0.3 is 29.7 Å². The number of piperazine rings is 1. The lowest BCUT2D eigenvalue weighted by Gasteiger charge is -2.38. The fourth-order valence-corrected chi connectivity index (χ4v) is 4.63. The number of carbonyl (C=O) groups excluding carboxylic acids is 2. The number of anilines is 1. The minimum absolute atomic E-state index is 0.242. The minimum atomic E-state index is -0.637. The van der Waals surface area contributed by atoms with Crippen LogP contribution in [0.2, 0.25) is 0 Å². The molecular weight excluding hydrogens is 460 g/mol. The van der Waals surface area contributed by atoms with Crippen molar-refractivity contribution in [1.29, 1.82) is 0 Å². The maximum Gasteiger partial charge on any atom is 0.338 e. The van der Waals surface area contributed by atoms with E-state index in [2.05, 4.69) is 26.5 Å². The molecule has 2 aromatic rings. The molecule has 2 aliphatic rings. The van der Waals surface area contributed by atoms with Gasteiger partial charge in [0, 0.05) is 38.4 Å². The van der Waals surface area contributed by atoms with Crippen LogP contribution >= 0.6 is 0 Å². The molecule has 2 heterocycles. The zero-order chi connectivity index (χ0) is 25.5. The highest BCUT2D eigenvalue weighted by Crippen LogP contribution is 2.31. The van der Waals surface area contributed by atoms with Crippen molar-refractivity contribution >= 4 is 17.7 Å². The van der Waals surface area contributed by atoms with Gasteiger partial charge in [0.1, 0.15) is 11.5 Å². The van der Waals surface area contributed by atoms with Gasteiger partial charge in [-0.25, -0.2) is 9.59 Å². The summed E-state index contributed by atoms with van der Waals surface area (Å²) in [6, 6.07) is 14.4. The van der Waals surface area contributed by atoms with Gasteiger partial charge in [-0.3, -0.25) is 4.90 Å². The smallest absolute Gasteiger partial charge is 0.338 e. The van der Waals surface area contributed by atoms with Crippen LogP contribution < -0.4 is 25.0 Å². The number of amides is 2. The molecule has 36 heavy (non-hydrogen) atoms. The van der Waals surface area contributed by atoms with Crippen LogP contribution in [0.15, 0.2) is 59.8 Å². The molecule has 0 unspecified atom stereocenters. The van der Waals surface area contributed by atoms with Gasteiger partial charge in [-0.15, -0.1) is 0 Å².